The van der Waals surface area contributed by atoms with Crippen LogP contribution in [0.2, 0.25) is 0 Å². The highest BCUT2D eigenvalue weighted by molar-refractivity contribution is 5.94. The molecule has 5 heterocycles. The van der Waals surface area contributed by atoms with Gasteiger partial charge in [0.15, 0.2) is 5.82 Å². The first-order valence-corrected chi connectivity index (χ1v) is 9.70. The van der Waals surface area contributed by atoms with Crippen molar-refractivity contribution in [2.24, 2.45) is 7.05 Å². The minimum atomic E-state index is 0.734. The van der Waals surface area contributed by atoms with Crippen molar-refractivity contribution in [2.75, 3.05) is 36.4 Å². The van der Waals surface area contributed by atoms with Crippen molar-refractivity contribution in [1.29, 1.82) is 0 Å². The van der Waals surface area contributed by atoms with Gasteiger partial charge in [0.2, 0.25) is 0 Å². The monoisotopic (exact) mass is 386 g/mol. The van der Waals surface area contributed by atoms with Crippen LogP contribution in [-0.4, -0.2) is 50.9 Å². The third-order valence-corrected chi connectivity index (χ3v) is 5.05. The van der Waals surface area contributed by atoms with E-state index in [2.05, 4.69) is 36.7 Å². The molecule has 4 aromatic heterocycles. The van der Waals surface area contributed by atoms with Gasteiger partial charge in [-0.1, -0.05) is 0 Å². The largest absolute Gasteiger partial charge is 0.354 e. The first kappa shape index (κ1) is 17.6. The molecule has 1 aliphatic heterocycles. The molecular weight excluding hydrogens is 364 g/mol. The predicted octanol–water partition coefficient (Wildman–Crippen LogP) is 2.58. The Morgan fingerprint density at radius 2 is 1.93 bits per heavy atom. The molecule has 0 atom stereocenters. The summed E-state index contributed by atoms with van der Waals surface area (Å²) in [6.07, 6.45) is 7.42. The van der Waals surface area contributed by atoms with Gasteiger partial charge in [-0.15, -0.1) is 0 Å². The molecule has 8 heteroatoms. The van der Waals surface area contributed by atoms with Gasteiger partial charge in [0.25, 0.3) is 0 Å². The zero-order chi connectivity index (χ0) is 19.6. The quantitative estimate of drug-likeness (QED) is 0.558. The van der Waals surface area contributed by atoms with Gasteiger partial charge in [-0.25, -0.2) is 9.97 Å². The molecule has 0 spiro atoms. The molecule has 0 aliphatic carbocycles. The van der Waals surface area contributed by atoms with Gasteiger partial charge in [-0.2, -0.15) is 5.10 Å². The minimum Gasteiger partial charge on any atom is -0.354 e. The standard InChI is InChI=1S/C21H22N8/c1-28-9-4-19(27-28)26-20-13-15(2-6-24-20)18-12-16-14-23-5-3-17(16)21(25-18)29-10-7-22-8-11-29/h2-6,9,12-14,22H,7-8,10-11H2,1H3,(H,24,26,27). The van der Waals surface area contributed by atoms with E-state index in [9.17, 15) is 0 Å². The Balaban J connectivity index is 1.55. The minimum absolute atomic E-state index is 0.734. The number of pyridine rings is 3. The molecule has 4 aromatic rings. The Hall–Kier alpha value is -3.52. The van der Waals surface area contributed by atoms with Gasteiger partial charge in [-0.05, 0) is 24.3 Å². The van der Waals surface area contributed by atoms with E-state index in [-0.39, 0.29) is 0 Å². The Kier molecular flexibility index (Phi) is 4.53. The van der Waals surface area contributed by atoms with Crippen LogP contribution in [0.3, 0.4) is 0 Å². The Morgan fingerprint density at radius 3 is 2.76 bits per heavy atom. The summed E-state index contributed by atoms with van der Waals surface area (Å²) in [5, 5.41) is 13.2. The van der Waals surface area contributed by atoms with E-state index in [0.29, 0.717) is 0 Å². The maximum absolute atomic E-state index is 5.04. The van der Waals surface area contributed by atoms with Crippen LogP contribution in [0.5, 0.6) is 0 Å². The van der Waals surface area contributed by atoms with E-state index in [1.54, 1.807) is 10.9 Å². The molecule has 0 unspecified atom stereocenters. The highest BCUT2D eigenvalue weighted by Crippen LogP contribution is 2.30. The van der Waals surface area contributed by atoms with Crippen LogP contribution in [0.25, 0.3) is 22.0 Å². The van der Waals surface area contributed by atoms with Gasteiger partial charge in [0.1, 0.15) is 11.6 Å². The molecule has 2 N–H and O–H groups in total. The summed E-state index contributed by atoms with van der Waals surface area (Å²) < 4.78 is 1.75. The van der Waals surface area contributed by atoms with E-state index in [0.717, 1.165) is 65.7 Å². The van der Waals surface area contributed by atoms with Crippen LogP contribution in [-0.2, 0) is 7.05 Å². The Morgan fingerprint density at radius 1 is 1.03 bits per heavy atom. The number of piperazine rings is 1. The number of fused-ring (bicyclic) bond motifs is 1. The van der Waals surface area contributed by atoms with Crippen molar-refractivity contribution in [2.45, 2.75) is 0 Å². The zero-order valence-electron chi connectivity index (χ0n) is 16.2. The summed E-state index contributed by atoms with van der Waals surface area (Å²) in [6.45, 7) is 3.81. The maximum atomic E-state index is 5.04. The van der Waals surface area contributed by atoms with Crippen molar-refractivity contribution in [1.82, 2.24) is 30.0 Å². The van der Waals surface area contributed by atoms with Crippen molar-refractivity contribution >= 4 is 28.2 Å². The molecule has 8 nitrogen and oxygen atoms in total. The van der Waals surface area contributed by atoms with E-state index in [4.69, 9.17) is 4.98 Å². The molecule has 1 saturated heterocycles. The molecule has 0 radical (unpaired) electrons. The second-order valence-electron chi connectivity index (χ2n) is 7.09. The van der Waals surface area contributed by atoms with Crippen molar-refractivity contribution in [3.05, 3.63) is 55.1 Å². The number of hydrogen-bond acceptors (Lipinski definition) is 7. The van der Waals surface area contributed by atoms with Crippen molar-refractivity contribution < 1.29 is 0 Å². The maximum Gasteiger partial charge on any atom is 0.153 e. The second kappa shape index (κ2) is 7.48. The molecule has 0 amide bonds. The van der Waals surface area contributed by atoms with Gasteiger partial charge in [-0.3, -0.25) is 9.67 Å². The molecule has 1 fully saturated rings. The topological polar surface area (TPSA) is 83.8 Å². The smallest absolute Gasteiger partial charge is 0.153 e. The summed E-state index contributed by atoms with van der Waals surface area (Å²) in [5.74, 6) is 2.50. The van der Waals surface area contributed by atoms with Crippen LogP contribution in [0.1, 0.15) is 0 Å². The lowest BCUT2D eigenvalue weighted by Crippen LogP contribution is -2.44. The van der Waals surface area contributed by atoms with E-state index < -0.39 is 0 Å². The summed E-state index contributed by atoms with van der Waals surface area (Å²) in [5.41, 5.74) is 1.91. The normalized spacial score (nSPS) is 14.3. The van der Waals surface area contributed by atoms with E-state index in [1.807, 2.05) is 49.9 Å². The highest BCUT2D eigenvalue weighted by atomic mass is 15.3. The summed E-state index contributed by atoms with van der Waals surface area (Å²) >= 11 is 0. The summed E-state index contributed by atoms with van der Waals surface area (Å²) in [4.78, 5) is 16.1. The first-order chi connectivity index (χ1) is 14.3. The predicted molar refractivity (Wildman–Crippen MR) is 114 cm³/mol. The summed E-state index contributed by atoms with van der Waals surface area (Å²) in [7, 11) is 1.89. The summed E-state index contributed by atoms with van der Waals surface area (Å²) in [6, 6.07) is 10.0. The first-order valence-electron chi connectivity index (χ1n) is 9.70. The van der Waals surface area contributed by atoms with Crippen molar-refractivity contribution in [3.63, 3.8) is 0 Å². The number of nitrogens with one attached hydrogen (secondary N) is 2. The van der Waals surface area contributed by atoms with Crippen LogP contribution < -0.4 is 15.5 Å². The molecule has 0 bridgehead atoms. The fourth-order valence-electron chi connectivity index (χ4n) is 3.62. The lowest BCUT2D eigenvalue weighted by atomic mass is 10.1. The number of aryl methyl sites for hydroxylation is 1. The lowest BCUT2D eigenvalue weighted by Gasteiger charge is -2.29. The van der Waals surface area contributed by atoms with E-state index >= 15 is 0 Å². The van der Waals surface area contributed by atoms with Crippen molar-refractivity contribution in [3.8, 4) is 11.3 Å². The van der Waals surface area contributed by atoms with E-state index in [1.165, 1.54) is 0 Å². The molecule has 0 aromatic carbocycles. The van der Waals surface area contributed by atoms with Crippen LogP contribution >= 0.6 is 0 Å². The number of nitrogens with zero attached hydrogens (tertiary/aromatic N) is 6. The van der Waals surface area contributed by atoms with Gasteiger partial charge < -0.3 is 15.5 Å². The lowest BCUT2D eigenvalue weighted by molar-refractivity contribution is 0.586. The molecule has 5 rings (SSSR count). The molecule has 1 aliphatic rings. The zero-order valence-corrected chi connectivity index (χ0v) is 16.2. The third-order valence-electron chi connectivity index (χ3n) is 5.05. The third kappa shape index (κ3) is 3.62. The molecule has 146 valence electrons. The second-order valence-corrected chi connectivity index (χ2v) is 7.09. The van der Waals surface area contributed by atoms with Gasteiger partial charge >= 0.3 is 0 Å². The Bertz CT molecular complexity index is 1150. The molecule has 0 saturated carbocycles. The molecular formula is C21H22N8. The fraction of sp³-hybridized carbons (Fsp3) is 0.238. The number of hydrogen-bond donors (Lipinski definition) is 2. The van der Waals surface area contributed by atoms with Gasteiger partial charge in [0, 0.05) is 80.4 Å². The fourth-order valence-corrected chi connectivity index (χ4v) is 3.62. The Labute approximate surface area is 168 Å². The highest BCUT2D eigenvalue weighted by Gasteiger charge is 2.17. The van der Waals surface area contributed by atoms with Crippen LogP contribution in [0.4, 0.5) is 17.5 Å². The number of rotatable bonds is 4. The van der Waals surface area contributed by atoms with Crippen LogP contribution in [0.15, 0.2) is 55.1 Å². The number of aromatic nitrogens is 5. The van der Waals surface area contributed by atoms with Crippen LogP contribution in [0, 0.1) is 0 Å². The molecule has 29 heavy (non-hydrogen) atoms. The number of anilines is 3. The SMILES string of the molecule is Cn1ccc(Nc2cc(-c3cc4cnccc4c(N4CCNCC4)n3)ccn2)n1. The average molecular weight is 386 g/mol. The average Bonchev–Trinajstić information content (AvgIpc) is 3.18. The van der Waals surface area contributed by atoms with Gasteiger partial charge in [0.05, 0.1) is 5.69 Å².